The van der Waals surface area contributed by atoms with E-state index in [-0.39, 0.29) is 38.1 Å². The maximum Gasteiger partial charge on any atom is 0.511 e. The molecule has 2 heterocycles. The van der Waals surface area contributed by atoms with Crippen LogP contribution in [0.3, 0.4) is 0 Å². The predicted octanol–water partition coefficient (Wildman–Crippen LogP) is 1.99. The summed E-state index contributed by atoms with van der Waals surface area (Å²) < 4.78 is 66.2. The average Bonchev–Trinajstić information content (AvgIpc) is 2.46. The summed E-state index contributed by atoms with van der Waals surface area (Å²) in [7, 11) is -5.26. The maximum atomic E-state index is 12.5. The van der Waals surface area contributed by atoms with Crippen LogP contribution in [0.15, 0.2) is 12.4 Å². The van der Waals surface area contributed by atoms with Crippen LogP contribution in [0.25, 0.3) is 0 Å². The summed E-state index contributed by atoms with van der Waals surface area (Å²) in [6, 6.07) is -0.187. The van der Waals surface area contributed by atoms with Gasteiger partial charge in [-0.15, -0.1) is 0 Å². The highest BCUT2D eigenvalue weighted by molar-refractivity contribution is 7.90. The van der Waals surface area contributed by atoms with Crippen molar-refractivity contribution in [3.8, 4) is 5.88 Å². The Balaban J connectivity index is 1.94. The first-order valence-corrected chi connectivity index (χ1v) is 8.85. The van der Waals surface area contributed by atoms with Crippen LogP contribution in [0.1, 0.15) is 26.7 Å². The van der Waals surface area contributed by atoms with Crippen molar-refractivity contribution in [1.82, 2.24) is 14.3 Å². The van der Waals surface area contributed by atoms with E-state index in [1.54, 1.807) is 0 Å². The van der Waals surface area contributed by atoms with Gasteiger partial charge in [0.05, 0.1) is 18.5 Å². The molecule has 2 rings (SSSR count). The number of ether oxygens (including phenoxy) is 1. The topological polar surface area (TPSA) is 84.4 Å². The molecule has 7 nitrogen and oxygen atoms in total. The number of nitrogens with zero attached hydrogens (tertiary/aromatic N) is 3. The van der Waals surface area contributed by atoms with Gasteiger partial charge in [0.2, 0.25) is 5.88 Å². The number of hydrogen-bond donors (Lipinski definition) is 1. The fourth-order valence-electron chi connectivity index (χ4n) is 2.31. The molecule has 0 unspecified atom stereocenters. The van der Waals surface area contributed by atoms with E-state index < -0.39 is 15.5 Å². The Morgan fingerprint density at radius 3 is 2.46 bits per heavy atom. The zero-order valence-electron chi connectivity index (χ0n) is 13.2. The van der Waals surface area contributed by atoms with Crippen molar-refractivity contribution < 1.29 is 26.3 Å². The summed E-state index contributed by atoms with van der Waals surface area (Å²) in [6.45, 7) is 3.29. The lowest BCUT2D eigenvalue weighted by Crippen LogP contribution is -2.47. The highest BCUT2D eigenvalue weighted by Gasteiger charge is 2.50. The number of sulfonamides is 1. The molecule has 136 valence electrons. The number of rotatable bonds is 5. The van der Waals surface area contributed by atoms with Crippen molar-refractivity contribution in [2.24, 2.45) is 0 Å². The SMILES string of the molecule is CC(C)Oc1cncc(NC2CCN(S(=O)(=O)C(F)(F)F)CC2)n1. The summed E-state index contributed by atoms with van der Waals surface area (Å²) in [4.78, 5) is 8.19. The highest BCUT2D eigenvalue weighted by Crippen LogP contribution is 2.29. The summed E-state index contributed by atoms with van der Waals surface area (Å²) in [6.07, 6.45) is 3.36. The third-order valence-corrected chi connectivity index (χ3v) is 5.04. The van der Waals surface area contributed by atoms with E-state index >= 15 is 0 Å². The van der Waals surface area contributed by atoms with Crippen molar-refractivity contribution in [1.29, 1.82) is 0 Å². The first-order chi connectivity index (χ1) is 11.1. The molecule has 1 aromatic heterocycles. The van der Waals surface area contributed by atoms with Gasteiger partial charge in [0.25, 0.3) is 0 Å². The van der Waals surface area contributed by atoms with E-state index in [2.05, 4.69) is 15.3 Å². The van der Waals surface area contributed by atoms with Gasteiger partial charge in [0, 0.05) is 19.1 Å². The van der Waals surface area contributed by atoms with Gasteiger partial charge in [0.1, 0.15) is 5.82 Å². The number of aromatic nitrogens is 2. The maximum absolute atomic E-state index is 12.5. The fraction of sp³-hybridized carbons (Fsp3) is 0.692. The summed E-state index contributed by atoms with van der Waals surface area (Å²) >= 11 is 0. The van der Waals surface area contributed by atoms with Gasteiger partial charge >= 0.3 is 15.5 Å². The van der Waals surface area contributed by atoms with Gasteiger partial charge < -0.3 is 10.1 Å². The zero-order chi connectivity index (χ0) is 18.0. The van der Waals surface area contributed by atoms with Crippen molar-refractivity contribution in [3.05, 3.63) is 12.4 Å². The van der Waals surface area contributed by atoms with E-state index in [0.29, 0.717) is 16.0 Å². The van der Waals surface area contributed by atoms with Crippen LogP contribution in [-0.4, -0.2) is 53.4 Å². The van der Waals surface area contributed by atoms with E-state index in [0.717, 1.165) is 0 Å². The number of hydrogen-bond acceptors (Lipinski definition) is 6. The summed E-state index contributed by atoms with van der Waals surface area (Å²) in [5.74, 6) is 0.775. The molecular formula is C13H19F3N4O3S. The second kappa shape index (κ2) is 7.09. The predicted molar refractivity (Wildman–Crippen MR) is 81.0 cm³/mol. The Morgan fingerprint density at radius 1 is 1.29 bits per heavy atom. The van der Waals surface area contributed by atoms with Gasteiger partial charge in [-0.25, -0.2) is 8.42 Å². The lowest BCUT2D eigenvalue weighted by molar-refractivity contribution is -0.0494. The Hall–Kier alpha value is -1.62. The lowest BCUT2D eigenvalue weighted by Gasteiger charge is -2.32. The first-order valence-electron chi connectivity index (χ1n) is 7.41. The largest absolute Gasteiger partial charge is 0.511 e. The Bertz CT molecular complexity index is 659. The third-order valence-electron chi connectivity index (χ3n) is 3.41. The van der Waals surface area contributed by atoms with Gasteiger partial charge in [-0.1, -0.05) is 0 Å². The van der Waals surface area contributed by atoms with Crippen molar-refractivity contribution in [3.63, 3.8) is 0 Å². The molecule has 1 N–H and O–H groups in total. The molecule has 11 heteroatoms. The second-order valence-corrected chi connectivity index (χ2v) is 7.61. The first kappa shape index (κ1) is 18.7. The quantitative estimate of drug-likeness (QED) is 0.856. The number of nitrogens with one attached hydrogen (secondary N) is 1. The molecule has 0 atom stereocenters. The van der Waals surface area contributed by atoms with Crippen molar-refractivity contribution in [2.45, 2.75) is 44.3 Å². The molecule has 24 heavy (non-hydrogen) atoms. The minimum absolute atomic E-state index is 0.0645. The Labute approximate surface area is 138 Å². The molecule has 1 aliphatic rings. The van der Waals surface area contributed by atoms with E-state index in [1.807, 2.05) is 13.8 Å². The minimum Gasteiger partial charge on any atom is -0.474 e. The van der Waals surface area contributed by atoms with Crippen LogP contribution < -0.4 is 10.1 Å². The molecule has 0 aromatic carbocycles. The summed E-state index contributed by atoms with van der Waals surface area (Å²) in [5.41, 5.74) is -5.26. The van der Waals surface area contributed by atoms with Crippen molar-refractivity contribution >= 4 is 15.8 Å². The molecule has 0 saturated carbocycles. The number of anilines is 1. The van der Waals surface area contributed by atoms with Gasteiger partial charge in [0.15, 0.2) is 0 Å². The van der Waals surface area contributed by atoms with E-state index in [1.165, 1.54) is 12.4 Å². The van der Waals surface area contributed by atoms with Crippen LogP contribution >= 0.6 is 0 Å². The third kappa shape index (κ3) is 4.47. The standard InChI is InChI=1S/C13H19F3N4O3S/c1-9(2)23-12-8-17-7-11(19-12)18-10-3-5-20(6-4-10)24(21,22)13(14,15)16/h7-10H,3-6H2,1-2H3,(H,18,19). The molecule has 0 radical (unpaired) electrons. The van der Waals surface area contributed by atoms with Crippen LogP contribution in [0.5, 0.6) is 5.88 Å². The van der Waals surface area contributed by atoms with Crippen molar-refractivity contribution in [2.75, 3.05) is 18.4 Å². The smallest absolute Gasteiger partial charge is 0.474 e. The lowest BCUT2D eigenvalue weighted by atomic mass is 10.1. The molecule has 0 spiro atoms. The number of alkyl halides is 3. The monoisotopic (exact) mass is 368 g/mol. The Kier molecular flexibility index (Phi) is 5.53. The highest BCUT2D eigenvalue weighted by atomic mass is 32.2. The molecule has 1 saturated heterocycles. The number of piperidine rings is 1. The van der Waals surface area contributed by atoms with Crippen LogP contribution in [0.4, 0.5) is 19.0 Å². The fourth-order valence-corrected chi connectivity index (χ4v) is 3.30. The van der Waals surface area contributed by atoms with Gasteiger partial charge in [-0.05, 0) is 26.7 Å². The van der Waals surface area contributed by atoms with Gasteiger partial charge in [-0.3, -0.25) is 4.98 Å². The minimum atomic E-state index is -5.26. The zero-order valence-corrected chi connectivity index (χ0v) is 14.1. The summed E-state index contributed by atoms with van der Waals surface area (Å²) in [5, 5.41) is 3.05. The van der Waals surface area contributed by atoms with Gasteiger partial charge in [-0.2, -0.15) is 22.5 Å². The number of halogens is 3. The average molecular weight is 368 g/mol. The molecule has 0 bridgehead atoms. The molecule has 1 aromatic rings. The second-order valence-electron chi connectivity index (χ2n) is 5.68. The molecule has 0 amide bonds. The van der Waals surface area contributed by atoms with E-state index in [4.69, 9.17) is 4.74 Å². The molecular weight excluding hydrogens is 349 g/mol. The molecule has 1 aliphatic heterocycles. The van der Waals surface area contributed by atoms with E-state index in [9.17, 15) is 21.6 Å². The molecule has 1 fully saturated rings. The van der Waals surface area contributed by atoms with Crippen LogP contribution in [-0.2, 0) is 10.0 Å². The Morgan fingerprint density at radius 2 is 1.92 bits per heavy atom. The molecule has 0 aliphatic carbocycles. The van der Waals surface area contributed by atoms with Crippen LogP contribution in [0.2, 0.25) is 0 Å². The van der Waals surface area contributed by atoms with Crippen LogP contribution in [0, 0.1) is 0 Å². The normalized spacial score (nSPS) is 17.9.